The van der Waals surface area contributed by atoms with E-state index in [0.717, 1.165) is 18.6 Å². The lowest BCUT2D eigenvalue weighted by Gasteiger charge is -2.35. The second kappa shape index (κ2) is 8.61. The zero-order chi connectivity index (χ0) is 23.9. The monoisotopic (exact) mass is 457 g/mol. The van der Waals surface area contributed by atoms with E-state index in [1.807, 2.05) is 6.92 Å². The van der Waals surface area contributed by atoms with Crippen molar-refractivity contribution in [3.05, 3.63) is 46.1 Å². The van der Waals surface area contributed by atoms with Crippen molar-refractivity contribution in [3.63, 3.8) is 0 Å². The number of aromatic nitrogens is 2. The molecule has 1 aliphatic carbocycles. The first-order valence-electron chi connectivity index (χ1n) is 11.4. The maximum atomic E-state index is 13.4. The molecule has 1 amide bonds. The SMILES string of the molecule is CCOC(=O)c1c2n(c(=O)n1-c1ccc(OC3CC3)cc1)CC(C)N(C(=O)OC(C)(C)C)C2. The molecule has 1 saturated carbocycles. The quantitative estimate of drug-likeness (QED) is 0.638. The van der Waals surface area contributed by atoms with Gasteiger partial charge in [-0.25, -0.2) is 14.4 Å². The summed E-state index contributed by atoms with van der Waals surface area (Å²) in [6, 6.07) is 6.80. The largest absolute Gasteiger partial charge is 0.490 e. The van der Waals surface area contributed by atoms with Gasteiger partial charge in [-0.1, -0.05) is 0 Å². The van der Waals surface area contributed by atoms with Crippen molar-refractivity contribution in [1.29, 1.82) is 0 Å². The first kappa shape index (κ1) is 22.9. The highest BCUT2D eigenvalue weighted by atomic mass is 16.6. The standard InChI is InChI=1S/C24H31N3O6/c1-6-31-21(28)20-19-14-25(23(30)33-24(3,4)5)15(2)13-26(19)22(29)27(20)16-7-9-17(10-8-16)32-18-11-12-18/h7-10,15,18H,6,11-14H2,1-5H3. The first-order chi connectivity index (χ1) is 15.6. The summed E-state index contributed by atoms with van der Waals surface area (Å²) < 4.78 is 19.5. The molecule has 178 valence electrons. The molecule has 1 unspecified atom stereocenters. The summed E-state index contributed by atoms with van der Waals surface area (Å²) in [5.74, 6) is 0.112. The number of ether oxygens (including phenoxy) is 3. The van der Waals surface area contributed by atoms with E-state index >= 15 is 0 Å². The van der Waals surface area contributed by atoms with Crippen LogP contribution in [0.3, 0.4) is 0 Å². The van der Waals surface area contributed by atoms with Crippen LogP contribution in [-0.4, -0.2) is 50.5 Å². The zero-order valence-corrected chi connectivity index (χ0v) is 19.8. The summed E-state index contributed by atoms with van der Waals surface area (Å²) in [6.45, 7) is 9.43. The number of rotatable bonds is 5. The van der Waals surface area contributed by atoms with Crippen molar-refractivity contribution in [2.45, 2.75) is 78.3 Å². The van der Waals surface area contributed by atoms with Crippen LogP contribution in [0, 0.1) is 0 Å². The highest BCUT2D eigenvalue weighted by Gasteiger charge is 2.37. The Morgan fingerprint density at radius 2 is 1.79 bits per heavy atom. The van der Waals surface area contributed by atoms with Crippen molar-refractivity contribution in [2.75, 3.05) is 6.61 Å². The fourth-order valence-corrected chi connectivity index (χ4v) is 3.88. The van der Waals surface area contributed by atoms with Gasteiger partial charge >= 0.3 is 17.8 Å². The van der Waals surface area contributed by atoms with Crippen LogP contribution >= 0.6 is 0 Å². The Bertz CT molecular complexity index is 1100. The van der Waals surface area contributed by atoms with Crippen LogP contribution < -0.4 is 10.4 Å². The molecule has 2 aromatic rings. The average Bonchev–Trinajstić information content (AvgIpc) is 3.50. The fraction of sp³-hybridized carbons (Fsp3) is 0.542. The van der Waals surface area contributed by atoms with Gasteiger partial charge in [-0.2, -0.15) is 0 Å². The molecule has 0 spiro atoms. The molecule has 1 fully saturated rings. The zero-order valence-electron chi connectivity index (χ0n) is 19.8. The van der Waals surface area contributed by atoms with Crippen LogP contribution in [0.25, 0.3) is 5.69 Å². The van der Waals surface area contributed by atoms with Crippen LogP contribution in [0.4, 0.5) is 4.79 Å². The third kappa shape index (κ3) is 4.77. The topological polar surface area (TPSA) is 92.0 Å². The molecule has 1 aromatic heterocycles. The fourth-order valence-electron chi connectivity index (χ4n) is 3.88. The summed E-state index contributed by atoms with van der Waals surface area (Å²) in [5.41, 5.74) is 0.0803. The molecule has 0 N–H and O–H groups in total. The molecule has 2 aliphatic rings. The van der Waals surface area contributed by atoms with E-state index in [1.165, 1.54) is 4.57 Å². The van der Waals surface area contributed by atoms with E-state index in [-0.39, 0.29) is 43.2 Å². The summed E-state index contributed by atoms with van der Waals surface area (Å²) in [5, 5.41) is 0. The summed E-state index contributed by atoms with van der Waals surface area (Å²) in [6.07, 6.45) is 1.87. The lowest BCUT2D eigenvalue weighted by Crippen LogP contribution is -2.48. The predicted molar refractivity (Wildman–Crippen MR) is 121 cm³/mol. The van der Waals surface area contributed by atoms with Gasteiger partial charge in [0.1, 0.15) is 11.4 Å². The Balaban J connectivity index is 1.75. The molecule has 2 heterocycles. The van der Waals surface area contributed by atoms with Gasteiger partial charge in [-0.05, 0) is 71.7 Å². The van der Waals surface area contributed by atoms with Gasteiger partial charge in [0.25, 0.3) is 0 Å². The van der Waals surface area contributed by atoms with Crippen molar-refractivity contribution >= 4 is 12.1 Å². The van der Waals surface area contributed by atoms with Crippen LogP contribution in [0.15, 0.2) is 29.1 Å². The Kier molecular flexibility index (Phi) is 5.99. The summed E-state index contributed by atoms with van der Waals surface area (Å²) >= 11 is 0. The highest BCUT2D eigenvalue weighted by Crippen LogP contribution is 2.28. The van der Waals surface area contributed by atoms with Gasteiger partial charge in [0, 0.05) is 6.54 Å². The molecule has 1 aromatic carbocycles. The number of esters is 1. The minimum atomic E-state index is -0.659. The van der Waals surface area contributed by atoms with Gasteiger partial charge in [0.05, 0.1) is 36.7 Å². The summed E-state index contributed by atoms with van der Waals surface area (Å²) in [4.78, 5) is 40.8. The van der Waals surface area contributed by atoms with Crippen LogP contribution in [-0.2, 0) is 22.6 Å². The molecule has 4 rings (SSSR count). The molecule has 0 bridgehead atoms. The third-order valence-electron chi connectivity index (χ3n) is 5.56. The Hall–Kier alpha value is -3.23. The van der Waals surface area contributed by atoms with Crippen molar-refractivity contribution in [1.82, 2.24) is 14.0 Å². The molecular formula is C24H31N3O6. The highest BCUT2D eigenvalue weighted by molar-refractivity contribution is 5.90. The van der Waals surface area contributed by atoms with E-state index in [0.29, 0.717) is 11.4 Å². The number of imidazole rings is 1. The minimum absolute atomic E-state index is 0.0648. The Labute approximate surface area is 192 Å². The smallest absolute Gasteiger partial charge is 0.410 e. The van der Waals surface area contributed by atoms with E-state index < -0.39 is 17.7 Å². The number of carbonyl (C=O) groups excluding carboxylic acids is 2. The van der Waals surface area contributed by atoms with Gasteiger partial charge in [-0.3, -0.25) is 14.0 Å². The Morgan fingerprint density at radius 1 is 1.12 bits per heavy atom. The van der Waals surface area contributed by atoms with Gasteiger partial charge < -0.3 is 14.2 Å². The van der Waals surface area contributed by atoms with E-state index in [9.17, 15) is 14.4 Å². The van der Waals surface area contributed by atoms with Crippen molar-refractivity contribution < 1.29 is 23.8 Å². The molecule has 1 aliphatic heterocycles. The number of amides is 1. The number of nitrogens with zero attached hydrogens (tertiary/aromatic N) is 3. The molecule has 0 radical (unpaired) electrons. The average molecular weight is 458 g/mol. The number of hydrogen-bond acceptors (Lipinski definition) is 6. The van der Waals surface area contributed by atoms with Gasteiger partial charge in [0.15, 0.2) is 5.69 Å². The lowest BCUT2D eigenvalue weighted by molar-refractivity contribution is 0.00925. The molecule has 9 heteroatoms. The van der Waals surface area contributed by atoms with E-state index in [2.05, 4.69) is 0 Å². The number of hydrogen-bond donors (Lipinski definition) is 0. The maximum Gasteiger partial charge on any atom is 0.410 e. The molecule has 33 heavy (non-hydrogen) atoms. The van der Waals surface area contributed by atoms with E-state index in [1.54, 1.807) is 61.4 Å². The molecule has 9 nitrogen and oxygen atoms in total. The first-order valence-corrected chi connectivity index (χ1v) is 11.4. The van der Waals surface area contributed by atoms with Crippen molar-refractivity contribution in [2.24, 2.45) is 0 Å². The molecule has 1 atom stereocenters. The number of benzene rings is 1. The lowest BCUT2D eigenvalue weighted by atomic mass is 10.1. The van der Waals surface area contributed by atoms with Crippen LogP contribution in [0.2, 0.25) is 0 Å². The predicted octanol–water partition coefficient (Wildman–Crippen LogP) is 3.50. The van der Waals surface area contributed by atoms with Crippen LogP contribution in [0.5, 0.6) is 5.75 Å². The van der Waals surface area contributed by atoms with Crippen molar-refractivity contribution in [3.8, 4) is 11.4 Å². The third-order valence-corrected chi connectivity index (χ3v) is 5.56. The molecule has 0 saturated heterocycles. The number of fused-ring (bicyclic) bond motifs is 1. The van der Waals surface area contributed by atoms with Crippen LogP contribution in [0.1, 0.15) is 63.6 Å². The van der Waals surface area contributed by atoms with E-state index in [4.69, 9.17) is 14.2 Å². The Morgan fingerprint density at radius 3 is 2.36 bits per heavy atom. The second-order valence-electron chi connectivity index (χ2n) is 9.51. The normalized spacial score (nSPS) is 18.0. The number of carbonyl (C=O) groups is 2. The second-order valence-corrected chi connectivity index (χ2v) is 9.51. The molecular weight excluding hydrogens is 426 g/mol. The minimum Gasteiger partial charge on any atom is -0.490 e. The summed E-state index contributed by atoms with van der Waals surface area (Å²) in [7, 11) is 0. The van der Waals surface area contributed by atoms with Gasteiger partial charge in [-0.15, -0.1) is 0 Å². The maximum absolute atomic E-state index is 13.4. The van der Waals surface area contributed by atoms with Gasteiger partial charge in [0.2, 0.25) is 0 Å².